The number of ether oxygens (including phenoxy) is 1. The molecule has 1 saturated heterocycles. The lowest BCUT2D eigenvalue weighted by molar-refractivity contribution is -0.139. The van der Waals surface area contributed by atoms with Crippen LogP contribution < -0.4 is 16.2 Å². The summed E-state index contributed by atoms with van der Waals surface area (Å²) in [4.78, 5) is 16.8. The van der Waals surface area contributed by atoms with E-state index < -0.39 is 0 Å². The van der Waals surface area contributed by atoms with Crippen LogP contribution in [0.4, 0.5) is 15.8 Å². The highest BCUT2D eigenvalue weighted by atomic mass is 19.1. The van der Waals surface area contributed by atoms with Crippen LogP contribution in [-0.4, -0.2) is 47.5 Å². The summed E-state index contributed by atoms with van der Waals surface area (Å²) in [5, 5.41) is 0. The molecule has 0 bridgehead atoms. The van der Waals surface area contributed by atoms with E-state index in [0.29, 0.717) is 23.7 Å². The third kappa shape index (κ3) is 4.72. The van der Waals surface area contributed by atoms with Crippen LogP contribution in [0.25, 0.3) is 0 Å². The van der Waals surface area contributed by atoms with Crippen molar-refractivity contribution in [2.45, 2.75) is 32.5 Å². The summed E-state index contributed by atoms with van der Waals surface area (Å²) in [6, 6.07) is 11.8. The Labute approximate surface area is 164 Å². The van der Waals surface area contributed by atoms with Crippen LogP contribution in [0.5, 0.6) is 5.75 Å². The molecule has 1 aliphatic heterocycles. The molecule has 0 saturated carbocycles. The zero-order chi connectivity index (χ0) is 20.3. The van der Waals surface area contributed by atoms with Crippen molar-refractivity contribution in [2.75, 3.05) is 31.2 Å². The first-order valence-electron chi connectivity index (χ1n) is 9.39. The Bertz CT molecular complexity index is 828. The maximum Gasteiger partial charge on any atom is 0.260 e. The van der Waals surface area contributed by atoms with Gasteiger partial charge in [-0.25, -0.2) is 4.39 Å². The highest BCUT2D eigenvalue weighted by Crippen LogP contribution is 2.24. The van der Waals surface area contributed by atoms with Crippen LogP contribution in [0.1, 0.15) is 19.4 Å². The van der Waals surface area contributed by atoms with Crippen molar-refractivity contribution in [3.8, 4) is 5.75 Å². The number of nitrogens with two attached hydrogens (primary N) is 2. The monoisotopic (exact) mass is 386 g/mol. The fourth-order valence-corrected chi connectivity index (χ4v) is 3.51. The first-order chi connectivity index (χ1) is 13.3. The Morgan fingerprint density at radius 3 is 2.50 bits per heavy atom. The van der Waals surface area contributed by atoms with Gasteiger partial charge in [-0.2, -0.15) is 0 Å². The van der Waals surface area contributed by atoms with Crippen LogP contribution in [0, 0.1) is 5.82 Å². The molecule has 1 heterocycles. The maximum atomic E-state index is 13.1. The summed E-state index contributed by atoms with van der Waals surface area (Å²) in [7, 11) is 0. The molecule has 150 valence electrons. The lowest BCUT2D eigenvalue weighted by atomic mass is 10.1. The number of amides is 1. The number of nitrogen functional groups attached to an aromatic ring is 2. The molecule has 2 atom stereocenters. The Balaban J connectivity index is 1.57. The Morgan fingerprint density at radius 2 is 1.82 bits per heavy atom. The number of hydrogen-bond donors (Lipinski definition) is 2. The van der Waals surface area contributed by atoms with Gasteiger partial charge in [0, 0.05) is 37.4 Å². The van der Waals surface area contributed by atoms with Crippen LogP contribution in [-0.2, 0) is 11.3 Å². The molecule has 1 aliphatic rings. The third-order valence-electron chi connectivity index (χ3n) is 5.12. The second-order valence-electron chi connectivity index (χ2n) is 7.39. The van der Waals surface area contributed by atoms with E-state index in [1.54, 1.807) is 30.3 Å². The predicted octanol–water partition coefficient (Wildman–Crippen LogP) is 2.49. The van der Waals surface area contributed by atoms with Gasteiger partial charge in [-0.05, 0) is 49.7 Å². The summed E-state index contributed by atoms with van der Waals surface area (Å²) in [6.45, 7) is 6.14. The van der Waals surface area contributed by atoms with Gasteiger partial charge in [0.1, 0.15) is 11.6 Å². The summed E-state index contributed by atoms with van der Waals surface area (Å²) >= 11 is 0. The molecule has 6 nitrogen and oxygen atoms in total. The molecule has 3 rings (SSSR count). The van der Waals surface area contributed by atoms with Crippen molar-refractivity contribution in [3.05, 3.63) is 53.8 Å². The average Bonchev–Trinajstić information content (AvgIpc) is 2.65. The van der Waals surface area contributed by atoms with E-state index in [2.05, 4.69) is 11.8 Å². The molecule has 0 aromatic heterocycles. The van der Waals surface area contributed by atoms with E-state index in [0.717, 1.165) is 18.7 Å². The molecule has 4 N–H and O–H groups in total. The fourth-order valence-electron chi connectivity index (χ4n) is 3.51. The number of rotatable bonds is 5. The SMILES string of the molecule is C[C@@H]1CN(Cc2ccc(F)cc2)[C@@H](C)CN1C(=O)COc1ccc(N)cc1N. The number of carbonyl (C=O) groups excluding carboxylic acids is 1. The molecule has 2 aromatic rings. The van der Waals surface area contributed by atoms with Gasteiger partial charge < -0.3 is 21.1 Å². The minimum Gasteiger partial charge on any atom is -0.482 e. The van der Waals surface area contributed by atoms with Crippen LogP contribution in [0.15, 0.2) is 42.5 Å². The van der Waals surface area contributed by atoms with Gasteiger partial charge in [0.25, 0.3) is 5.91 Å². The molecular weight excluding hydrogens is 359 g/mol. The molecule has 2 aromatic carbocycles. The van der Waals surface area contributed by atoms with Crippen LogP contribution in [0.2, 0.25) is 0 Å². The standard InChI is InChI=1S/C21H27FN4O2/c1-14-11-26(21(27)13-28-20-8-7-18(23)9-19(20)24)15(2)10-25(14)12-16-3-5-17(22)6-4-16/h3-9,14-15H,10-13,23-24H2,1-2H3/t14-,15+/m0/s1. The number of hydrogen-bond acceptors (Lipinski definition) is 5. The molecule has 0 spiro atoms. The zero-order valence-corrected chi connectivity index (χ0v) is 16.3. The van der Waals surface area contributed by atoms with Crippen molar-refractivity contribution in [1.82, 2.24) is 9.80 Å². The number of nitrogens with zero attached hydrogens (tertiary/aromatic N) is 2. The van der Waals surface area contributed by atoms with Crippen molar-refractivity contribution in [1.29, 1.82) is 0 Å². The Hall–Kier alpha value is -2.80. The highest BCUT2D eigenvalue weighted by Gasteiger charge is 2.32. The molecular formula is C21H27FN4O2. The number of benzene rings is 2. The molecule has 0 unspecified atom stereocenters. The first-order valence-corrected chi connectivity index (χ1v) is 9.39. The second kappa shape index (κ2) is 8.48. The van der Waals surface area contributed by atoms with Gasteiger partial charge in [0.05, 0.1) is 5.69 Å². The lowest BCUT2D eigenvalue weighted by Gasteiger charge is -2.44. The smallest absolute Gasteiger partial charge is 0.260 e. The number of piperazine rings is 1. The number of halogens is 1. The number of anilines is 2. The van der Waals surface area contributed by atoms with E-state index in [1.165, 1.54) is 12.1 Å². The van der Waals surface area contributed by atoms with Gasteiger partial charge in [-0.15, -0.1) is 0 Å². The van der Waals surface area contributed by atoms with Gasteiger partial charge in [0.2, 0.25) is 0 Å². The Morgan fingerprint density at radius 1 is 1.11 bits per heavy atom. The zero-order valence-electron chi connectivity index (χ0n) is 16.3. The quantitative estimate of drug-likeness (QED) is 0.772. The maximum absolute atomic E-state index is 13.1. The van der Waals surface area contributed by atoms with Crippen molar-refractivity contribution in [2.24, 2.45) is 0 Å². The van der Waals surface area contributed by atoms with Gasteiger partial charge in [-0.3, -0.25) is 9.69 Å². The minimum atomic E-state index is -0.234. The summed E-state index contributed by atoms with van der Waals surface area (Å²) in [5.74, 6) is 0.150. The topological polar surface area (TPSA) is 84.8 Å². The summed E-state index contributed by atoms with van der Waals surface area (Å²) < 4.78 is 18.7. The molecule has 1 fully saturated rings. The molecule has 0 aliphatic carbocycles. The summed E-state index contributed by atoms with van der Waals surface area (Å²) in [6.07, 6.45) is 0. The summed E-state index contributed by atoms with van der Waals surface area (Å²) in [5.41, 5.74) is 13.6. The molecule has 28 heavy (non-hydrogen) atoms. The highest BCUT2D eigenvalue weighted by molar-refractivity contribution is 5.78. The normalized spacial score (nSPS) is 20.2. The van der Waals surface area contributed by atoms with E-state index >= 15 is 0 Å². The molecule has 0 radical (unpaired) electrons. The average molecular weight is 386 g/mol. The van der Waals surface area contributed by atoms with Crippen molar-refractivity contribution in [3.63, 3.8) is 0 Å². The van der Waals surface area contributed by atoms with E-state index in [-0.39, 0.29) is 30.4 Å². The first kappa shape index (κ1) is 19.9. The third-order valence-corrected chi connectivity index (χ3v) is 5.12. The van der Waals surface area contributed by atoms with Crippen molar-refractivity contribution >= 4 is 17.3 Å². The second-order valence-corrected chi connectivity index (χ2v) is 7.39. The largest absolute Gasteiger partial charge is 0.482 e. The van der Waals surface area contributed by atoms with E-state index in [4.69, 9.17) is 16.2 Å². The van der Waals surface area contributed by atoms with E-state index in [1.807, 2.05) is 11.8 Å². The van der Waals surface area contributed by atoms with E-state index in [9.17, 15) is 9.18 Å². The van der Waals surface area contributed by atoms with Crippen LogP contribution >= 0.6 is 0 Å². The predicted molar refractivity (Wildman–Crippen MR) is 108 cm³/mol. The fraction of sp³-hybridized carbons (Fsp3) is 0.381. The number of carbonyl (C=O) groups is 1. The van der Waals surface area contributed by atoms with Gasteiger partial charge >= 0.3 is 0 Å². The minimum absolute atomic E-state index is 0.0523. The van der Waals surface area contributed by atoms with Gasteiger partial charge in [0.15, 0.2) is 6.61 Å². The lowest BCUT2D eigenvalue weighted by Crippen LogP contribution is -2.58. The van der Waals surface area contributed by atoms with Crippen molar-refractivity contribution < 1.29 is 13.9 Å². The molecule has 1 amide bonds. The molecule has 7 heteroatoms. The van der Waals surface area contributed by atoms with Crippen LogP contribution in [0.3, 0.4) is 0 Å². The Kier molecular flexibility index (Phi) is 6.04. The van der Waals surface area contributed by atoms with Gasteiger partial charge in [-0.1, -0.05) is 12.1 Å².